The molecule has 34 heavy (non-hydrogen) atoms. The first-order valence-corrected chi connectivity index (χ1v) is 12.7. The molecular weight excluding hydrogens is 477 g/mol. The fourth-order valence-corrected chi connectivity index (χ4v) is 5.54. The minimum absolute atomic E-state index is 0.115. The van der Waals surface area contributed by atoms with Crippen LogP contribution in [0.1, 0.15) is 21.5 Å². The van der Waals surface area contributed by atoms with Gasteiger partial charge in [-0.3, -0.25) is 4.79 Å². The van der Waals surface area contributed by atoms with Crippen LogP contribution in [0.2, 0.25) is 5.02 Å². The van der Waals surface area contributed by atoms with Crippen LogP contribution in [0.4, 0.5) is 15.8 Å². The highest BCUT2D eigenvalue weighted by Crippen LogP contribution is 2.25. The molecule has 4 rings (SSSR count). The molecule has 1 fully saturated rings. The number of carbonyl (C=O) groups is 1. The minimum Gasteiger partial charge on any atom is -0.369 e. The molecule has 1 aliphatic rings. The van der Waals surface area contributed by atoms with Crippen LogP contribution in [0.25, 0.3) is 0 Å². The van der Waals surface area contributed by atoms with Crippen molar-refractivity contribution in [1.29, 1.82) is 0 Å². The molecule has 3 aromatic carbocycles. The number of piperazine rings is 1. The largest absolute Gasteiger partial charge is 0.369 e. The summed E-state index contributed by atoms with van der Waals surface area (Å²) >= 11 is 6.07. The summed E-state index contributed by atoms with van der Waals surface area (Å²) in [5.74, 6) is -1.48. The fourth-order valence-electron chi connectivity index (χ4n) is 3.91. The molecule has 0 radical (unpaired) electrons. The summed E-state index contributed by atoms with van der Waals surface area (Å²) < 4.78 is 42.4. The van der Waals surface area contributed by atoms with E-state index in [1.54, 1.807) is 12.1 Å². The smallest absolute Gasteiger partial charge is 0.258 e. The molecule has 1 aliphatic heterocycles. The molecule has 6 nitrogen and oxygen atoms in total. The van der Waals surface area contributed by atoms with Gasteiger partial charge in [0.2, 0.25) is 10.0 Å². The van der Waals surface area contributed by atoms with Gasteiger partial charge in [-0.05, 0) is 67.4 Å². The average Bonchev–Trinajstić information content (AvgIpc) is 2.81. The Labute approximate surface area is 204 Å². The van der Waals surface area contributed by atoms with E-state index in [9.17, 15) is 17.6 Å². The Morgan fingerprint density at radius 1 is 0.971 bits per heavy atom. The number of anilines is 2. The third-order valence-electron chi connectivity index (χ3n) is 5.87. The molecule has 1 saturated heterocycles. The SMILES string of the molecule is Cc1ccc(C)c(NC(=O)c2cc(S(=O)(=O)N3CCN(c4cccc(Cl)c4)CC3)ccc2F)c1. The second-order valence-electron chi connectivity index (χ2n) is 8.29. The van der Waals surface area contributed by atoms with Crippen LogP contribution in [0.15, 0.2) is 65.6 Å². The molecular formula is C25H25ClFN3O3S. The van der Waals surface area contributed by atoms with Gasteiger partial charge in [-0.2, -0.15) is 4.31 Å². The number of sulfonamides is 1. The third-order valence-corrected chi connectivity index (χ3v) is 8.00. The minimum atomic E-state index is -3.90. The van der Waals surface area contributed by atoms with E-state index >= 15 is 0 Å². The predicted octanol–water partition coefficient (Wildman–Crippen LogP) is 4.86. The number of halogens is 2. The quantitative estimate of drug-likeness (QED) is 0.542. The number of nitrogens with zero attached hydrogens (tertiary/aromatic N) is 2. The Kier molecular flexibility index (Phi) is 6.93. The first-order chi connectivity index (χ1) is 16.1. The van der Waals surface area contributed by atoms with Gasteiger partial charge >= 0.3 is 0 Å². The number of rotatable bonds is 5. The highest BCUT2D eigenvalue weighted by Gasteiger charge is 2.30. The summed E-state index contributed by atoms with van der Waals surface area (Å²) in [5, 5.41) is 3.31. The van der Waals surface area contributed by atoms with E-state index in [4.69, 9.17) is 11.6 Å². The zero-order chi connectivity index (χ0) is 24.5. The van der Waals surface area contributed by atoms with Gasteiger partial charge in [0.15, 0.2) is 0 Å². The van der Waals surface area contributed by atoms with Gasteiger partial charge in [0.1, 0.15) is 5.82 Å². The summed E-state index contributed by atoms with van der Waals surface area (Å²) in [5.41, 5.74) is 2.92. The van der Waals surface area contributed by atoms with E-state index in [1.807, 2.05) is 44.2 Å². The van der Waals surface area contributed by atoms with E-state index in [0.717, 1.165) is 28.9 Å². The first kappa shape index (κ1) is 24.2. The predicted molar refractivity (Wildman–Crippen MR) is 133 cm³/mol. The maximum Gasteiger partial charge on any atom is 0.258 e. The molecule has 0 aromatic heterocycles. The van der Waals surface area contributed by atoms with Crippen molar-refractivity contribution in [2.75, 3.05) is 36.4 Å². The number of hydrogen-bond acceptors (Lipinski definition) is 4. The van der Waals surface area contributed by atoms with E-state index in [0.29, 0.717) is 23.8 Å². The molecule has 0 unspecified atom stereocenters. The third kappa shape index (κ3) is 5.09. The van der Waals surface area contributed by atoms with E-state index in [1.165, 1.54) is 10.4 Å². The standard InChI is InChI=1S/C25H25ClFN3O3S/c1-17-6-7-18(2)24(14-17)28-25(31)22-16-21(8-9-23(22)27)34(32,33)30-12-10-29(11-13-30)20-5-3-4-19(26)15-20/h3-9,14-16H,10-13H2,1-2H3,(H,28,31). The van der Waals surface area contributed by atoms with Crippen molar-refractivity contribution in [2.45, 2.75) is 18.7 Å². The highest BCUT2D eigenvalue weighted by atomic mass is 35.5. The Morgan fingerprint density at radius 2 is 1.71 bits per heavy atom. The van der Waals surface area contributed by atoms with Gasteiger partial charge < -0.3 is 10.2 Å². The molecule has 1 amide bonds. The topological polar surface area (TPSA) is 69.7 Å². The summed E-state index contributed by atoms with van der Waals surface area (Å²) in [6.45, 7) is 5.21. The molecule has 0 spiro atoms. The average molecular weight is 502 g/mol. The van der Waals surface area contributed by atoms with Gasteiger partial charge in [-0.25, -0.2) is 12.8 Å². The molecule has 0 aliphatic carbocycles. The second-order valence-corrected chi connectivity index (χ2v) is 10.7. The molecule has 1 heterocycles. The Balaban J connectivity index is 1.52. The maximum absolute atomic E-state index is 14.5. The number of aryl methyl sites for hydroxylation is 2. The summed E-state index contributed by atoms with van der Waals surface area (Å²) in [6.07, 6.45) is 0. The zero-order valence-corrected chi connectivity index (χ0v) is 20.5. The molecule has 0 atom stereocenters. The van der Waals surface area contributed by atoms with Crippen LogP contribution in [0.5, 0.6) is 0 Å². The molecule has 1 N–H and O–H groups in total. The van der Waals surface area contributed by atoms with Crippen LogP contribution in [-0.4, -0.2) is 44.8 Å². The van der Waals surface area contributed by atoms with Crippen molar-refractivity contribution in [1.82, 2.24) is 4.31 Å². The van der Waals surface area contributed by atoms with Gasteiger partial charge in [-0.1, -0.05) is 29.8 Å². The lowest BCUT2D eigenvalue weighted by molar-refractivity contribution is 0.102. The van der Waals surface area contributed by atoms with Crippen LogP contribution >= 0.6 is 11.6 Å². The molecule has 3 aromatic rings. The Bertz CT molecular complexity index is 1340. The van der Waals surface area contributed by atoms with Crippen molar-refractivity contribution in [3.8, 4) is 0 Å². The normalized spacial score (nSPS) is 14.8. The van der Waals surface area contributed by atoms with Gasteiger partial charge in [0, 0.05) is 42.6 Å². The second kappa shape index (κ2) is 9.74. The van der Waals surface area contributed by atoms with Gasteiger partial charge in [-0.15, -0.1) is 0 Å². The van der Waals surface area contributed by atoms with Crippen molar-refractivity contribution >= 4 is 38.9 Å². The van der Waals surface area contributed by atoms with Crippen LogP contribution < -0.4 is 10.2 Å². The highest BCUT2D eigenvalue weighted by molar-refractivity contribution is 7.89. The number of nitrogens with one attached hydrogen (secondary N) is 1. The van der Waals surface area contributed by atoms with Crippen LogP contribution in [-0.2, 0) is 10.0 Å². The maximum atomic E-state index is 14.5. The van der Waals surface area contributed by atoms with E-state index in [-0.39, 0.29) is 23.5 Å². The summed E-state index contributed by atoms with van der Waals surface area (Å²) in [7, 11) is -3.90. The summed E-state index contributed by atoms with van der Waals surface area (Å²) in [6, 6.07) is 16.3. The lowest BCUT2D eigenvalue weighted by Gasteiger charge is -2.35. The van der Waals surface area contributed by atoms with Crippen molar-refractivity contribution < 1.29 is 17.6 Å². The molecule has 178 valence electrons. The lowest BCUT2D eigenvalue weighted by Crippen LogP contribution is -2.48. The molecule has 9 heteroatoms. The molecule has 0 saturated carbocycles. The van der Waals surface area contributed by atoms with Crippen molar-refractivity contribution in [3.63, 3.8) is 0 Å². The fraction of sp³-hybridized carbons (Fsp3) is 0.240. The number of carbonyl (C=O) groups excluding carboxylic acids is 1. The van der Waals surface area contributed by atoms with Gasteiger partial charge in [0.05, 0.1) is 10.5 Å². The number of amides is 1. The monoisotopic (exact) mass is 501 g/mol. The lowest BCUT2D eigenvalue weighted by atomic mass is 10.1. The van der Waals surface area contributed by atoms with Crippen molar-refractivity contribution in [3.05, 3.63) is 88.2 Å². The number of hydrogen-bond donors (Lipinski definition) is 1. The van der Waals surface area contributed by atoms with E-state index in [2.05, 4.69) is 10.2 Å². The Morgan fingerprint density at radius 3 is 2.41 bits per heavy atom. The zero-order valence-electron chi connectivity index (χ0n) is 18.9. The Hall–Kier alpha value is -2.94. The molecule has 0 bridgehead atoms. The van der Waals surface area contributed by atoms with Crippen molar-refractivity contribution in [2.24, 2.45) is 0 Å². The summed E-state index contributed by atoms with van der Waals surface area (Å²) in [4.78, 5) is 14.8. The van der Waals surface area contributed by atoms with Gasteiger partial charge in [0.25, 0.3) is 5.91 Å². The van der Waals surface area contributed by atoms with E-state index < -0.39 is 21.7 Å². The van der Waals surface area contributed by atoms with Crippen LogP contribution in [0, 0.1) is 19.7 Å². The first-order valence-electron chi connectivity index (χ1n) is 10.8. The van der Waals surface area contributed by atoms with Crippen LogP contribution in [0.3, 0.4) is 0 Å². The number of benzene rings is 3.